The quantitative estimate of drug-likeness (QED) is 0.645. The molecule has 2 aromatic carbocycles. The minimum Gasteiger partial charge on any atom is -0.462 e. The van der Waals surface area contributed by atoms with Gasteiger partial charge in [0.1, 0.15) is 0 Å². The summed E-state index contributed by atoms with van der Waals surface area (Å²) in [4.78, 5) is 37.8. The molecule has 2 aromatic rings. The lowest BCUT2D eigenvalue weighted by Crippen LogP contribution is -2.29. The van der Waals surface area contributed by atoms with Crippen LogP contribution in [0.1, 0.15) is 38.0 Å². The highest BCUT2D eigenvalue weighted by atomic mass is 16.5. The molecule has 0 aromatic heterocycles. The molecule has 0 fully saturated rings. The van der Waals surface area contributed by atoms with Crippen LogP contribution in [0.2, 0.25) is 0 Å². The third kappa shape index (κ3) is 2.16. The predicted molar refractivity (Wildman–Crippen MR) is 80.0 cm³/mol. The van der Waals surface area contributed by atoms with Gasteiger partial charge in [0, 0.05) is 0 Å². The van der Waals surface area contributed by atoms with E-state index < -0.39 is 11.9 Å². The molecule has 0 bridgehead atoms. The molecule has 0 aliphatic carbocycles. The Morgan fingerprint density at radius 3 is 2.36 bits per heavy atom. The number of fused-ring (bicyclic) bond motifs is 1. The summed E-state index contributed by atoms with van der Waals surface area (Å²) in [6, 6.07) is 13.1. The highest BCUT2D eigenvalue weighted by Crippen LogP contribution is 2.29. The first-order valence-corrected chi connectivity index (χ1v) is 6.88. The van der Waals surface area contributed by atoms with Gasteiger partial charge in [-0.1, -0.05) is 18.2 Å². The zero-order chi connectivity index (χ0) is 15.7. The SMILES string of the molecule is CCOC(=O)c1ccc2c(c1)C(=O)N(c1ccccc1)C2=O. The van der Waals surface area contributed by atoms with E-state index in [4.69, 9.17) is 4.74 Å². The van der Waals surface area contributed by atoms with E-state index in [-0.39, 0.29) is 23.6 Å². The van der Waals surface area contributed by atoms with Crippen LogP contribution in [0, 0.1) is 0 Å². The lowest BCUT2D eigenvalue weighted by molar-refractivity contribution is 0.0526. The van der Waals surface area contributed by atoms with Gasteiger partial charge in [-0.15, -0.1) is 0 Å². The lowest BCUT2D eigenvalue weighted by atomic mass is 10.1. The van der Waals surface area contributed by atoms with Gasteiger partial charge in [0.25, 0.3) is 11.8 Å². The largest absolute Gasteiger partial charge is 0.462 e. The van der Waals surface area contributed by atoms with Gasteiger partial charge < -0.3 is 4.74 Å². The minimum atomic E-state index is -0.510. The van der Waals surface area contributed by atoms with Gasteiger partial charge in [-0.25, -0.2) is 9.69 Å². The average Bonchev–Trinajstić information content (AvgIpc) is 2.79. The highest BCUT2D eigenvalue weighted by Gasteiger charge is 2.37. The number of anilines is 1. The number of carbonyl (C=O) groups excluding carboxylic acids is 3. The Morgan fingerprint density at radius 1 is 1.00 bits per heavy atom. The number of imide groups is 1. The molecule has 1 aliphatic heterocycles. The Kier molecular flexibility index (Phi) is 3.47. The third-order valence-corrected chi connectivity index (χ3v) is 3.41. The van der Waals surface area contributed by atoms with Crippen LogP contribution in [0.4, 0.5) is 5.69 Å². The van der Waals surface area contributed by atoms with Crippen molar-refractivity contribution in [2.45, 2.75) is 6.92 Å². The monoisotopic (exact) mass is 295 g/mol. The first-order valence-electron chi connectivity index (χ1n) is 6.88. The predicted octanol–water partition coefficient (Wildman–Crippen LogP) is 2.66. The van der Waals surface area contributed by atoms with Crippen LogP contribution in [-0.2, 0) is 4.74 Å². The summed E-state index contributed by atoms with van der Waals surface area (Å²) in [7, 11) is 0. The smallest absolute Gasteiger partial charge is 0.338 e. The van der Waals surface area contributed by atoms with Crippen molar-refractivity contribution >= 4 is 23.5 Å². The van der Waals surface area contributed by atoms with Crippen molar-refractivity contribution in [1.29, 1.82) is 0 Å². The molecule has 0 atom stereocenters. The van der Waals surface area contributed by atoms with E-state index in [0.29, 0.717) is 11.3 Å². The Hall–Kier alpha value is -2.95. The van der Waals surface area contributed by atoms with E-state index in [1.54, 1.807) is 37.3 Å². The molecule has 5 nitrogen and oxygen atoms in total. The number of para-hydroxylation sites is 1. The van der Waals surface area contributed by atoms with Gasteiger partial charge in [-0.05, 0) is 37.3 Å². The number of benzene rings is 2. The molecule has 0 N–H and O–H groups in total. The Balaban J connectivity index is 2.01. The van der Waals surface area contributed by atoms with Crippen molar-refractivity contribution in [2.24, 2.45) is 0 Å². The van der Waals surface area contributed by atoms with Crippen LogP contribution in [0.15, 0.2) is 48.5 Å². The van der Waals surface area contributed by atoms with Crippen LogP contribution in [-0.4, -0.2) is 24.4 Å². The van der Waals surface area contributed by atoms with Crippen molar-refractivity contribution < 1.29 is 19.1 Å². The van der Waals surface area contributed by atoms with Crippen molar-refractivity contribution in [3.63, 3.8) is 0 Å². The molecular weight excluding hydrogens is 282 g/mol. The molecule has 0 radical (unpaired) electrons. The molecule has 2 amide bonds. The van der Waals surface area contributed by atoms with Crippen molar-refractivity contribution in [1.82, 2.24) is 0 Å². The van der Waals surface area contributed by atoms with E-state index in [9.17, 15) is 14.4 Å². The number of esters is 1. The van der Waals surface area contributed by atoms with Gasteiger partial charge >= 0.3 is 5.97 Å². The van der Waals surface area contributed by atoms with Crippen LogP contribution < -0.4 is 4.90 Å². The second kappa shape index (κ2) is 5.44. The summed E-state index contributed by atoms with van der Waals surface area (Å²) in [5, 5.41) is 0. The van der Waals surface area contributed by atoms with Gasteiger partial charge in [0.15, 0.2) is 0 Å². The Morgan fingerprint density at radius 2 is 1.68 bits per heavy atom. The van der Waals surface area contributed by atoms with E-state index in [0.717, 1.165) is 4.90 Å². The maximum Gasteiger partial charge on any atom is 0.338 e. The molecule has 110 valence electrons. The van der Waals surface area contributed by atoms with Gasteiger partial charge in [-0.3, -0.25) is 9.59 Å². The molecule has 0 saturated heterocycles. The maximum absolute atomic E-state index is 12.5. The number of nitrogens with zero attached hydrogens (tertiary/aromatic N) is 1. The molecule has 5 heteroatoms. The van der Waals surface area contributed by atoms with Crippen LogP contribution in [0.3, 0.4) is 0 Å². The summed E-state index contributed by atoms with van der Waals surface area (Å²) in [5.74, 6) is -1.33. The first kappa shape index (κ1) is 14.0. The summed E-state index contributed by atoms with van der Waals surface area (Å²) < 4.78 is 4.91. The van der Waals surface area contributed by atoms with Crippen molar-refractivity contribution in [2.75, 3.05) is 11.5 Å². The normalized spacial score (nSPS) is 13.2. The Bertz CT molecular complexity index is 767. The zero-order valence-electron chi connectivity index (χ0n) is 11.9. The summed E-state index contributed by atoms with van der Waals surface area (Å²) in [6.07, 6.45) is 0. The van der Waals surface area contributed by atoms with Crippen LogP contribution >= 0.6 is 0 Å². The number of hydrogen-bond acceptors (Lipinski definition) is 4. The molecule has 0 unspecified atom stereocenters. The van der Waals surface area contributed by atoms with Crippen molar-refractivity contribution in [3.8, 4) is 0 Å². The number of hydrogen-bond donors (Lipinski definition) is 0. The van der Waals surface area contributed by atoms with Crippen molar-refractivity contribution in [3.05, 3.63) is 65.2 Å². The topological polar surface area (TPSA) is 63.7 Å². The first-order chi connectivity index (χ1) is 10.6. The second-order valence-electron chi connectivity index (χ2n) is 4.76. The molecule has 1 aliphatic rings. The third-order valence-electron chi connectivity index (χ3n) is 3.41. The fraction of sp³-hybridized carbons (Fsp3) is 0.118. The number of rotatable bonds is 3. The van der Waals surface area contributed by atoms with E-state index in [1.807, 2.05) is 0 Å². The number of carbonyl (C=O) groups is 3. The lowest BCUT2D eigenvalue weighted by Gasteiger charge is -2.13. The fourth-order valence-corrected chi connectivity index (χ4v) is 2.39. The zero-order valence-corrected chi connectivity index (χ0v) is 11.9. The Labute approximate surface area is 127 Å². The fourth-order valence-electron chi connectivity index (χ4n) is 2.39. The van der Waals surface area contributed by atoms with E-state index in [1.165, 1.54) is 18.2 Å². The molecule has 3 rings (SSSR count). The second-order valence-corrected chi connectivity index (χ2v) is 4.76. The van der Waals surface area contributed by atoms with Gasteiger partial charge in [-0.2, -0.15) is 0 Å². The molecule has 1 heterocycles. The highest BCUT2D eigenvalue weighted by molar-refractivity contribution is 6.34. The number of ether oxygens (including phenoxy) is 1. The molecular formula is C17H13NO4. The maximum atomic E-state index is 12.5. The average molecular weight is 295 g/mol. The van der Waals surface area contributed by atoms with Crippen LogP contribution in [0.5, 0.6) is 0 Å². The standard InChI is InChI=1S/C17H13NO4/c1-2-22-17(21)11-8-9-13-14(10-11)16(20)18(15(13)19)12-6-4-3-5-7-12/h3-10H,2H2,1H3. The minimum absolute atomic E-state index is 0.222. The molecule has 22 heavy (non-hydrogen) atoms. The molecule has 0 saturated carbocycles. The van der Waals surface area contributed by atoms with Gasteiger partial charge in [0.2, 0.25) is 0 Å². The van der Waals surface area contributed by atoms with Crippen LogP contribution in [0.25, 0.3) is 0 Å². The van der Waals surface area contributed by atoms with E-state index >= 15 is 0 Å². The van der Waals surface area contributed by atoms with Gasteiger partial charge in [0.05, 0.1) is 29.0 Å². The molecule has 0 spiro atoms. The summed E-state index contributed by atoms with van der Waals surface area (Å²) in [5.41, 5.74) is 1.28. The number of amides is 2. The van der Waals surface area contributed by atoms with E-state index in [2.05, 4.69) is 0 Å². The summed E-state index contributed by atoms with van der Waals surface area (Å²) in [6.45, 7) is 1.95. The summed E-state index contributed by atoms with van der Waals surface area (Å²) >= 11 is 0.